The van der Waals surface area contributed by atoms with Crippen molar-refractivity contribution in [1.82, 2.24) is 0 Å². The van der Waals surface area contributed by atoms with Crippen LogP contribution in [0.2, 0.25) is 0 Å². The zero-order valence-electron chi connectivity index (χ0n) is 13.0. The molecule has 0 bridgehead atoms. The zero-order valence-corrected chi connectivity index (χ0v) is 13.9. The number of benzene rings is 1. The maximum Gasteiger partial charge on any atom is 0.361 e. The lowest BCUT2D eigenvalue weighted by atomic mass is 10.1. The van der Waals surface area contributed by atoms with Gasteiger partial charge in [-0.3, -0.25) is 4.57 Å². The topological polar surface area (TPSA) is 35.5 Å². The van der Waals surface area contributed by atoms with Crippen LogP contribution in [-0.4, -0.2) is 13.2 Å². The smallest absolute Gasteiger partial charge is 0.305 e. The van der Waals surface area contributed by atoms with E-state index in [1.54, 1.807) is 0 Å². The first-order chi connectivity index (χ1) is 9.48. The third kappa shape index (κ3) is 5.78. The van der Waals surface area contributed by atoms with Crippen molar-refractivity contribution in [1.29, 1.82) is 0 Å². The van der Waals surface area contributed by atoms with Gasteiger partial charge < -0.3 is 9.05 Å². The van der Waals surface area contributed by atoms with Crippen molar-refractivity contribution in [3.05, 3.63) is 30.3 Å². The van der Waals surface area contributed by atoms with Gasteiger partial charge in [0, 0.05) is 0 Å². The van der Waals surface area contributed by atoms with Crippen molar-refractivity contribution in [2.45, 2.75) is 40.5 Å². The van der Waals surface area contributed by atoms with E-state index in [4.69, 9.17) is 9.05 Å². The van der Waals surface area contributed by atoms with Crippen LogP contribution < -0.4 is 5.30 Å². The van der Waals surface area contributed by atoms with E-state index in [1.807, 2.05) is 44.2 Å². The molecule has 0 aliphatic heterocycles. The van der Waals surface area contributed by atoms with E-state index >= 15 is 0 Å². The molecule has 3 nitrogen and oxygen atoms in total. The second-order valence-electron chi connectivity index (χ2n) is 5.71. The lowest BCUT2D eigenvalue weighted by molar-refractivity contribution is 0.174. The standard InChI is InChI=1S/C16H27O3P/c1-5-9-15(4)13-19-20(17,18-12-14(2)3)16-10-7-6-8-11-16/h6-8,10-11,14-15H,5,9,12-13H2,1-4H3. The lowest BCUT2D eigenvalue weighted by Crippen LogP contribution is -2.15. The fourth-order valence-corrected chi connectivity index (χ4v) is 3.70. The molecule has 0 saturated heterocycles. The van der Waals surface area contributed by atoms with Gasteiger partial charge >= 0.3 is 7.60 Å². The first-order valence-corrected chi connectivity index (χ1v) is 8.97. The van der Waals surface area contributed by atoms with Crippen LogP contribution in [0.1, 0.15) is 40.5 Å². The molecule has 0 aliphatic rings. The molecule has 0 saturated carbocycles. The molecule has 114 valence electrons. The van der Waals surface area contributed by atoms with Gasteiger partial charge in [-0.05, 0) is 30.4 Å². The molecule has 0 aliphatic carbocycles. The molecule has 0 heterocycles. The maximum absolute atomic E-state index is 13.0. The highest BCUT2D eigenvalue weighted by Gasteiger charge is 2.28. The molecule has 2 unspecified atom stereocenters. The Morgan fingerprint density at radius 1 is 1.05 bits per heavy atom. The molecule has 0 aromatic heterocycles. The van der Waals surface area contributed by atoms with Gasteiger partial charge in [0.15, 0.2) is 0 Å². The predicted octanol–water partition coefficient (Wildman–Crippen LogP) is 4.63. The largest absolute Gasteiger partial charge is 0.361 e. The summed E-state index contributed by atoms with van der Waals surface area (Å²) >= 11 is 0. The van der Waals surface area contributed by atoms with E-state index in [9.17, 15) is 4.57 Å². The predicted molar refractivity (Wildman–Crippen MR) is 84.5 cm³/mol. The molecule has 0 amide bonds. The van der Waals surface area contributed by atoms with E-state index in [2.05, 4.69) is 13.8 Å². The minimum Gasteiger partial charge on any atom is -0.305 e. The molecule has 1 aromatic rings. The summed E-state index contributed by atoms with van der Waals surface area (Å²) in [6.07, 6.45) is 2.17. The summed E-state index contributed by atoms with van der Waals surface area (Å²) in [4.78, 5) is 0. The van der Waals surface area contributed by atoms with Crippen molar-refractivity contribution in [3.63, 3.8) is 0 Å². The highest BCUT2D eigenvalue weighted by Crippen LogP contribution is 2.47. The third-order valence-corrected chi connectivity index (χ3v) is 4.87. The minimum absolute atomic E-state index is 0.323. The fraction of sp³-hybridized carbons (Fsp3) is 0.625. The summed E-state index contributed by atoms with van der Waals surface area (Å²) < 4.78 is 24.3. The third-order valence-electron chi connectivity index (χ3n) is 2.96. The van der Waals surface area contributed by atoms with E-state index in [1.165, 1.54) is 0 Å². The first-order valence-electron chi connectivity index (χ1n) is 7.42. The van der Waals surface area contributed by atoms with Crippen LogP contribution in [0.15, 0.2) is 30.3 Å². The lowest BCUT2D eigenvalue weighted by Gasteiger charge is -2.21. The van der Waals surface area contributed by atoms with Gasteiger partial charge in [0.1, 0.15) is 0 Å². The summed E-state index contributed by atoms with van der Waals surface area (Å²) in [6, 6.07) is 9.24. The summed E-state index contributed by atoms with van der Waals surface area (Å²) in [5, 5.41) is 0.643. The summed E-state index contributed by atoms with van der Waals surface area (Å²) in [7, 11) is -3.20. The number of hydrogen-bond acceptors (Lipinski definition) is 3. The molecule has 0 N–H and O–H groups in total. The van der Waals surface area contributed by atoms with Gasteiger partial charge in [0.05, 0.1) is 18.5 Å². The van der Waals surface area contributed by atoms with E-state index in [0.29, 0.717) is 30.4 Å². The summed E-state index contributed by atoms with van der Waals surface area (Å²) in [5.74, 6) is 0.711. The normalized spacial score (nSPS) is 16.1. The van der Waals surface area contributed by atoms with Crippen molar-refractivity contribution in [2.24, 2.45) is 11.8 Å². The van der Waals surface area contributed by atoms with Gasteiger partial charge in [-0.25, -0.2) is 0 Å². The van der Waals surface area contributed by atoms with Crippen molar-refractivity contribution in [2.75, 3.05) is 13.2 Å². The van der Waals surface area contributed by atoms with Crippen molar-refractivity contribution < 1.29 is 13.6 Å². The fourth-order valence-electron chi connectivity index (χ4n) is 1.85. The van der Waals surface area contributed by atoms with Gasteiger partial charge in [-0.2, -0.15) is 0 Å². The molecule has 0 spiro atoms. The Labute approximate surface area is 123 Å². The van der Waals surface area contributed by atoms with Crippen LogP contribution >= 0.6 is 7.60 Å². The Morgan fingerprint density at radius 3 is 2.20 bits per heavy atom. The van der Waals surface area contributed by atoms with Gasteiger partial charge in [-0.15, -0.1) is 0 Å². The SMILES string of the molecule is CCCC(C)COP(=O)(OCC(C)C)c1ccccc1. The molecular weight excluding hydrogens is 271 g/mol. The Morgan fingerprint density at radius 2 is 1.65 bits per heavy atom. The van der Waals surface area contributed by atoms with E-state index < -0.39 is 7.60 Å². The van der Waals surface area contributed by atoms with Crippen LogP contribution in [0, 0.1) is 11.8 Å². The number of hydrogen-bond donors (Lipinski definition) is 0. The summed E-state index contributed by atoms with van der Waals surface area (Å²) in [5.41, 5.74) is 0. The zero-order chi connectivity index (χ0) is 15.0. The van der Waals surface area contributed by atoms with Gasteiger partial charge in [-0.1, -0.05) is 52.3 Å². The first kappa shape index (κ1) is 17.4. The van der Waals surface area contributed by atoms with Gasteiger partial charge in [0.25, 0.3) is 0 Å². The van der Waals surface area contributed by atoms with Crippen molar-refractivity contribution >= 4 is 12.9 Å². The van der Waals surface area contributed by atoms with E-state index in [-0.39, 0.29) is 0 Å². The molecule has 1 aromatic carbocycles. The Kier molecular flexibility index (Phi) is 7.50. The van der Waals surface area contributed by atoms with Crippen LogP contribution in [0.25, 0.3) is 0 Å². The van der Waals surface area contributed by atoms with Crippen LogP contribution in [-0.2, 0) is 13.6 Å². The molecular formula is C16H27O3P. The second-order valence-corrected chi connectivity index (χ2v) is 7.74. The molecule has 1 rings (SSSR count). The summed E-state index contributed by atoms with van der Waals surface area (Å²) in [6.45, 7) is 9.24. The average Bonchev–Trinajstić information content (AvgIpc) is 2.44. The highest BCUT2D eigenvalue weighted by atomic mass is 31.2. The quantitative estimate of drug-likeness (QED) is 0.623. The number of rotatable bonds is 9. The van der Waals surface area contributed by atoms with Gasteiger partial charge in [0.2, 0.25) is 0 Å². The van der Waals surface area contributed by atoms with Crippen LogP contribution in [0.5, 0.6) is 0 Å². The molecule has 0 radical (unpaired) electrons. The Bertz CT molecular complexity index is 417. The minimum atomic E-state index is -3.20. The van der Waals surface area contributed by atoms with Crippen molar-refractivity contribution in [3.8, 4) is 0 Å². The Balaban J connectivity index is 2.77. The second kappa shape index (κ2) is 8.61. The van der Waals surface area contributed by atoms with Crippen LogP contribution in [0.3, 0.4) is 0 Å². The highest BCUT2D eigenvalue weighted by molar-refractivity contribution is 7.62. The monoisotopic (exact) mass is 298 g/mol. The maximum atomic E-state index is 13.0. The van der Waals surface area contributed by atoms with E-state index in [0.717, 1.165) is 12.8 Å². The Hall–Kier alpha value is -0.630. The average molecular weight is 298 g/mol. The molecule has 0 fully saturated rings. The molecule has 20 heavy (non-hydrogen) atoms. The van der Waals surface area contributed by atoms with Crippen LogP contribution in [0.4, 0.5) is 0 Å². The molecule has 4 heteroatoms. The molecule has 2 atom stereocenters.